The summed E-state index contributed by atoms with van der Waals surface area (Å²) in [5, 5.41) is 26.9. The zero-order chi connectivity index (χ0) is 20.5. The minimum Gasteiger partial charge on any atom is -0.507 e. The third-order valence-electron chi connectivity index (χ3n) is 4.98. The van der Waals surface area contributed by atoms with Gasteiger partial charge in [0.1, 0.15) is 5.75 Å². The number of nitrogens with one attached hydrogen (secondary N) is 2. The molecule has 150 valence electrons. The number of aromatic nitrogens is 4. The van der Waals surface area contributed by atoms with Crippen molar-refractivity contribution in [1.82, 2.24) is 19.5 Å². The van der Waals surface area contributed by atoms with Crippen molar-refractivity contribution in [2.24, 2.45) is 0 Å². The molecule has 2 heterocycles. The quantitative estimate of drug-likeness (QED) is 0.496. The summed E-state index contributed by atoms with van der Waals surface area (Å²) in [5.74, 6) is 1.25. The molecule has 1 atom stereocenters. The van der Waals surface area contributed by atoms with E-state index in [-0.39, 0.29) is 11.8 Å². The van der Waals surface area contributed by atoms with Crippen LogP contribution in [0, 0.1) is 6.92 Å². The lowest BCUT2D eigenvalue weighted by molar-refractivity contribution is 0.0646. The fourth-order valence-corrected chi connectivity index (χ4v) is 2.78. The van der Waals surface area contributed by atoms with Crippen LogP contribution in [0.15, 0.2) is 24.5 Å². The van der Waals surface area contributed by atoms with Crippen molar-refractivity contribution in [1.29, 1.82) is 0 Å². The van der Waals surface area contributed by atoms with Gasteiger partial charge in [0.15, 0.2) is 17.0 Å². The number of nitrogens with zero attached hydrogens (tertiary/aromatic N) is 4. The number of benzene rings is 1. The van der Waals surface area contributed by atoms with Crippen molar-refractivity contribution in [3.8, 4) is 5.75 Å². The fourth-order valence-electron chi connectivity index (χ4n) is 2.78. The molecule has 0 aliphatic heterocycles. The van der Waals surface area contributed by atoms with Crippen LogP contribution in [-0.4, -0.2) is 41.4 Å². The molecule has 8 nitrogen and oxygen atoms in total. The van der Waals surface area contributed by atoms with E-state index in [0.29, 0.717) is 29.5 Å². The van der Waals surface area contributed by atoms with Gasteiger partial charge in [0.2, 0.25) is 5.95 Å². The third-order valence-corrected chi connectivity index (χ3v) is 4.98. The Kier molecular flexibility index (Phi) is 5.42. The van der Waals surface area contributed by atoms with E-state index in [9.17, 15) is 10.2 Å². The number of imidazole rings is 1. The number of rotatable bonds is 7. The van der Waals surface area contributed by atoms with Crippen molar-refractivity contribution < 1.29 is 10.2 Å². The second kappa shape index (κ2) is 7.63. The molecular formula is C20H28N6O2. The standard InChI is InChI=1S/C20H28N6O2/c1-6-26-11-22-15-17(21-10-14-9-7-8-12(2)16(14)27)24-19(25-18(15)26)23-13(3)20(4,5)28/h7-9,11,13,27-28H,6,10H2,1-5H3,(H2,21,23,24,25). The number of fused-ring (bicyclic) bond motifs is 1. The average Bonchev–Trinajstić information content (AvgIpc) is 3.05. The topological polar surface area (TPSA) is 108 Å². The maximum absolute atomic E-state index is 10.3. The average molecular weight is 384 g/mol. The van der Waals surface area contributed by atoms with Crippen LogP contribution in [0.25, 0.3) is 11.2 Å². The summed E-state index contributed by atoms with van der Waals surface area (Å²) in [6.45, 7) is 10.4. The minimum absolute atomic E-state index is 0.253. The van der Waals surface area contributed by atoms with Crippen molar-refractivity contribution >= 4 is 22.9 Å². The van der Waals surface area contributed by atoms with E-state index in [4.69, 9.17) is 0 Å². The number of hydrogen-bond donors (Lipinski definition) is 4. The van der Waals surface area contributed by atoms with E-state index in [1.807, 2.05) is 43.5 Å². The van der Waals surface area contributed by atoms with Crippen molar-refractivity contribution in [3.05, 3.63) is 35.7 Å². The predicted molar refractivity (Wildman–Crippen MR) is 111 cm³/mol. The number of aromatic hydroxyl groups is 1. The number of phenolic OH excluding ortho intramolecular Hbond substituents is 1. The van der Waals surface area contributed by atoms with Gasteiger partial charge < -0.3 is 25.4 Å². The van der Waals surface area contributed by atoms with Crippen molar-refractivity contribution in [3.63, 3.8) is 0 Å². The van der Waals surface area contributed by atoms with Gasteiger partial charge >= 0.3 is 0 Å². The molecule has 0 amide bonds. The summed E-state index contributed by atoms with van der Waals surface area (Å²) in [6, 6.07) is 5.39. The first kappa shape index (κ1) is 19.9. The van der Waals surface area contributed by atoms with Crippen LogP contribution in [0.3, 0.4) is 0 Å². The molecular weight excluding hydrogens is 356 g/mol. The summed E-state index contributed by atoms with van der Waals surface area (Å²) >= 11 is 0. The highest BCUT2D eigenvalue weighted by Gasteiger charge is 2.24. The lowest BCUT2D eigenvalue weighted by Crippen LogP contribution is -2.39. The highest BCUT2D eigenvalue weighted by molar-refractivity contribution is 5.84. The van der Waals surface area contributed by atoms with E-state index in [2.05, 4.69) is 25.6 Å². The molecule has 0 bridgehead atoms. The smallest absolute Gasteiger partial charge is 0.227 e. The molecule has 8 heteroatoms. The maximum atomic E-state index is 10.3. The van der Waals surface area contributed by atoms with Crippen LogP contribution in [0.5, 0.6) is 5.75 Å². The van der Waals surface area contributed by atoms with Crippen LogP contribution in [-0.2, 0) is 13.1 Å². The van der Waals surface area contributed by atoms with Gasteiger partial charge in [-0.3, -0.25) is 0 Å². The van der Waals surface area contributed by atoms with E-state index in [1.54, 1.807) is 20.2 Å². The lowest BCUT2D eigenvalue weighted by Gasteiger charge is -2.26. The molecule has 2 aromatic heterocycles. The van der Waals surface area contributed by atoms with Gasteiger partial charge in [-0.25, -0.2) is 4.98 Å². The molecule has 0 radical (unpaired) electrons. The molecule has 3 rings (SSSR count). The van der Waals surface area contributed by atoms with E-state index in [1.165, 1.54) is 0 Å². The van der Waals surface area contributed by atoms with Crippen LogP contribution in [0.4, 0.5) is 11.8 Å². The Balaban J connectivity index is 1.95. The van der Waals surface area contributed by atoms with Crippen LogP contribution in [0.1, 0.15) is 38.8 Å². The fraction of sp³-hybridized carbons (Fsp3) is 0.450. The highest BCUT2D eigenvalue weighted by Crippen LogP contribution is 2.25. The van der Waals surface area contributed by atoms with Gasteiger partial charge in [0, 0.05) is 18.7 Å². The third kappa shape index (κ3) is 4.01. The molecule has 0 aliphatic carbocycles. The molecule has 4 N–H and O–H groups in total. The SMILES string of the molecule is CCn1cnc2c(NCc3cccc(C)c3O)nc(NC(C)C(C)(C)O)nc21. The molecule has 28 heavy (non-hydrogen) atoms. The van der Waals surface area contributed by atoms with Crippen molar-refractivity contribution in [2.75, 3.05) is 10.6 Å². The Morgan fingerprint density at radius 2 is 2.00 bits per heavy atom. The first-order chi connectivity index (χ1) is 13.2. The second-order valence-electron chi connectivity index (χ2n) is 7.55. The van der Waals surface area contributed by atoms with Gasteiger partial charge in [-0.05, 0) is 40.2 Å². The Morgan fingerprint density at radius 3 is 2.68 bits per heavy atom. The number of aliphatic hydroxyl groups is 1. The van der Waals surface area contributed by atoms with Crippen LogP contribution < -0.4 is 10.6 Å². The maximum Gasteiger partial charge on any atom is 0.227 e. The van der Waals surface area contributed by atoms with Crippen LogP contribution in [0.2, 0.25) is 0 Å². The number of para-hydroxylation sites is 1. The van der Waals surface area contributed by atoms with E-state index < -0.39 is 5.60 Å². The Labute approximate surface area is 164 Å². The first-order valence-electron chi connectivity index (χ1n) is 9.43. The van der Waals surface area contributed by atoms with E-state index >= 15 is 0 Å². The van der Waals surface area contributed by atoms with Gasteiger partial charge in [-0.1, -0.05) is 18.2 Å². The van der Waals surface area contributed by atoms with Crippen LogP contribution >= 0.6 is 0 Å². The first-order valence-corrected chi connectivity index (χ1v) is 9.43. The summed E-state index contributed by atoms with van der Waals surface area (Å²) in [7, 11) is 0. The molecule has 3 aromatic rings. The number of hydrogen-bond acceptors (Lipinski definition) is 7. The largest absolute Gasteiger partial charge is 0.507 e. The Hall–Kier alpha value is -2.87. The Morgan fingerprint density at radius 1 is 1.25 bits per heavy atom. The predicted octanol–water partition coefficient (Wildman–Crippen LogP) is 3.04. The zero-order valence-corrected chi connectivity index (χ0v) is 17.0. The van der Waals surface area contributed by atoms with Gasteiger partial charge in [-0.2, -0.15) is 9.97 Å². The zero-order valence-electron chi connectivity index (χ0n) is 17.0. The molecule has 0 fully saturated rings. The monoisotopic (exact) mass is 384 g/mol. The summed E-state index contributed by atoms with van der Waals surface area (Å²) in [6.07, 6.45) is 1.73. The second-order valence-corrected chi connectivity index (χ2v) is 7.55. The summed E-state index contributed by atoms with van der Waals surface area (Å²) < 4.78 is 1.94. The van der Waals surface area contributed by atoms with Gasteiger partial charge in [0.05, 0.1) is 18.0 Å². The van der Waals surface area contributed by atoms with Gasteiger partial charge in [0.25, 0.3) is 0 Å². The van der Waals surface area contributed by atoms with Crippen molar-refractivity contribution in [2.45, 2.75) is 59.4 Å². The minimum atomic E-state index is -0.926. The molecule has 1 aromatic carbocycles. The highest BCUT2D eigenvalue weighted by atomic mass is 16.3. The molecule has 0 aliphatic rings. The number of anilines is 2. The molecule has 0 saturated heterocycles. The normalized spacial score (nSPS) is 12.9. The molecule has 0 spiro atoms. The number of aryl methyl sites for hydroxylation is 2. The van der Waals surface area contributed by atoms with Gasteiger partial charge in [-0.15, -0.1) is 0 Å². The van der Waals surface area contributed by atoms with E-state index in [0.717, 1.165) is 17.7 Å². The summed E-state index contributed by atoms with van der Waals surface area (Å²) in [4.78, 5) is 13.6. The Bertz CT molecular complexity index is 977. The molecule has 1 unspecified atom stereocenters. The molecule has 0 saturated carbocycles. The summed E-state index contributed by atoms with van der Waals surface area (Å²) in [5.41, 5.74) is 2.05. The number of phenols is 1. The lowest BCUT2D eigenvalue weighted by atomic mass is 10.0.